The third-order valence-corrected chi connectivity index (χ3v) is 4.70. The maximum absolute atomic E-state index is 5.45. The van der Waals surface area contributed by atoms with E-state index in [1.165, 1.54) is 57.8 Å². The maximum atomic E-state index is 5.45. The zero-order valence-electron chi connectivity index (χ0n) is 11.0. The Labute approximate surface area is 100 Å². The zero-order valence-corrected chi connectivity index (χ0v) is 11.0. The summed E-state index contributed by atoms with van der Waals surface area (Å²) in [7, 11) is 4.21. The van der Waals surface area contributed by atoms with Crippen LogP contribution in [0.25, 0.3) is 0 Å². The highest BCUT2D eigenvalue weighted by Crippen LogP contribution is 2.29. The van der Waals surface area contributed by atoms with E-state index in [-0.39, 0.29) is 0 Å². The number of hydrogen-bond acceptors (Lipinski definition) is 2. The van der Waals surface area contributed by atoms with Crippen LogP contribution in [0.1, 0.15) is 57.8 Å². The topological polar surface area (TPSA) is 12.5 Å². The molecule has 2 nitrogen and oxygen atoms in total. The van der Waals surface area contributed by atoms with Crippen LogP contribution in [0.4, 0.5) is 0 Å². The minimum Gasteiger partial charge on any atom is -0.381 e. The number of rotatable bonds is 3. The summed E-state index contributed by atoms with van der Waals surface area (Å²) >= 11 is 0. The number of hydrogen-bond donors (Lipinski definition) is 0. The quantitative estimate of drug-likeness (QED) is 0.731. The molecule has 0 aromatic carbocycles. The van der Waals surface area contributed by atoms with Crippen LogP contribution < -0.4 is 0 Å². The van der Waals surface area contributed by atoms with Gasteiger partial charge in [0.1, 0.15) is 0 Å². The maximum Gasteiger partial charge on any atom is 0.0572 e. The summed E-state index contributed by atoms with van der Waals surface area (Å²) in [6.45, 7) is 0. The molecule has 0 spiro atoms. The second-order valence-corrected chi connectivity index (χ2v) is 5.62. The van der Waals surface area contributed by atoms with Crippen molar-refractivity contribution in [1.82, 2.24) is 4.90 Å². The average Bonchev–Trinajstić information content (AvgIpc) is 2.39. The van der Waals surface area contributed by atoms with Gasteiger partial charge in [-0.05, 0) is 45.6 Å². The van der Waals surface area contributed by atoms with Gasteiger partial charge in [0.25, 0.3) is 0 Å². The monoisotopic (exact) mass is 225 g/mol. The number of ether oxygens (including phenoxy) is 1. The van der Waals surface area contributed by atoms with Gasteiger partial charge in [-0.1, -0.05) is 19.3 Å². The Kier molecular flexibility index (Phi) is 4.66. The molecule has 0 amide bonds. The zero-order chi connectivity index (χ0) is 11.4. The predicted molar refractivity (Wildman–Crippen MR) is 67.7 cm³/mol. The van der Waals surface area contributed by atoms with Gasteiger partial charge < -0.3 is 9.64 Å². The average molecular weight is 225 g/mol. The summed E-state index contributed by atoms with van der Waals surface area (Å²) < 4.78 is 5.45. The van der Waals surface area contributed by atoms with Gasteiger partial charge in [-0.2, -0.15) is 0 Å². The van der Waals surface area contributed by atoms with Crippen molar-refractivity contribution >= 4 is 0 Å². The standard InChI is InChI=1S/C14H27NO/c1-15(12-6-4-3-5-7-12)13-8-10-14(16-2)11-9-13/h12-14H,3-11H2,1-2H3. The van der Waals surface area contributed by atoms with Crippen LogP contribution in [0, 0.1) is 0 Å². The Morgan fingerprint density at radius 3 is 1.94 bits per heavy atom. The van der Waals surface area contributed by atoms with Crippen LogP contribution in [0.5, 0.6) is 0 Å². The van der Waals surface area contributed by atoms with Crippen molar-refractivity contribution in [3.05, 3.63) is 0 Å². The van der Waals surface area contributed by atoms with Crippen LogP contribution >= 0.6 is 0 Å². The van der Waals surface area contributed by atoms with Gasteiger partial charge >= 0.3 is 0 Å². The van der Waals surface area contributed by atoms with E-state index in [4.69, 9.17) is 4.74 Å². The van der Waals surface area contributed by atoms with E-state index in [0.717, 1.165) is 12.1 Å². The van der Waals surface area contributed by atoms with Crippen LogP contribution in [-0.2, 0) is 4.74 Å². The van der Waals surface area contributed by atoms with Gasteiger partial charge in [0.2, 0.25) is 0 Å². The molecule has 2 fully saturated rings. The highest BCUT2D eigenvalue weighted by atomic mass is 16.5. The van der Waals surface area contributed by atoms with Crippen molar-refractivity contribution < 1.29 is 4.74 Å². The molecule has 2 saturated carbocycles. The summed E-state index contributed by atoms with van der Waals surface area (Å²) in [6.07, 6.45) is 13.0. The first-order valence-corrected chi connectivity index (χ1v) is 7.06. The van der Waals surface area contributed by atoms with Crippen LogP contribution in [0.15, 0.2) is 0 Å². The van der Waals surface area contributed by atoms with Crippen molar-refractivity contribution in [2.45, 2.75) is 76.0 Å². The summed E-state index contributed by atoms with van der Waals surface area (Å²) in [4.78, 5) is 2.69. The molecular weight excluding hydrogens is 198 g/mol. The predicted octanol–water partition coefficient (Wildman–Crippen LogP) is 3.21. The molecule has 94 valence electrons. The molecule has 2 aliphatic rings. The first kappa shape index (κ1) is 12.4. The fourth-order valence-corrected chi connectivity index (χ4v) is 3.47. The lowest BCUT2D eigenvalue weighted by Gasteiger charge is -2.40. The van der Waals surface area contributed by atoms with Crippen molar-refractivity contribution in [2.24, 2.45) is 0 Å². The molecule has 0 aromatic rings. The lowest BCUT2D eigenvalue weighted by Crippen LogP contribution is -2.43. The lowest BCUT2D eigenvalue weighted by atomic mass is 9.88. The van der Waals surface area contributed by atoms with E-state index in [1.807, 2.05) is 7.11 Å². The number of nitrogens with zero attached hydrogens (tertiary/aromatic N) is 1. The third kappa shape index (κ3) is 2.98. The summed E-state index contributed by atoms with van der Waals surface area (Å²) in [5, 5.41) is 0. The Morgan fingerprint density at radius 2 is 1.38 bits per heavy atom. The largest absolute Gasteiger partial charge is 0.381 e. The normalized spacial score (nSPS) is 33.2. The SMILES string of the molecule is COC1CCC(N(C)C2CCCCC2)CC1. The van der Waals surface area contributed by atoms with E-state index in [9.17, 15) is 0 Å². The molecular formula is C14H27NO. The van der Waals surface area contributed by atoms with E-state index < -0.39 is 0 Å². The minimum absolute atomic E-state index is 0.538. The summed E-state index contributed by atoms with van der Waals surface area (Å²) in [5.41, 5.74) is 0. The molecule has 2 rings (SSSR count). The Hall–Kier alpha value is -0.0800. The van der Waals surface area contributed by atoms with Gasteiger partial charge in [0, 0.05) is 19.2 Å². The van der Waals surface area contributed by atoms with Crippen LogP contribution in [0.3, 0.4) is 0 Å². The molecule has 0 saturated heterocycles. The molecule has 2 heteroatoms. The van der Waals surface area contributed by atoms with Gasteiger partial charge in [0.05, 0.1) is 6.10 Å². The van der Waals surface area contributed by atoms with Crippen LogP contribution in [-0.4, -0.2) is 37.2 Å². The highest BCUT2D eigenvalue weighted by molar-refractivity contribution is 4.83. The molecule has 0 aromatic heterocycles. The first-order chi connectivity index (χ1) is 7.81. The van der Waals surface area contributed by atoms with Gasteiger partial charge in [0.15, 0.2) is 0 Å². The smallest absolute Gasteiger partial charge is 0.0572 e. The molecule has 16 heavy (non-hydrogen) atoms. The molecule has 0 N–H and O–H groups in total. The second kappa shape index (κ2) is 6.02. The van der Waals surface area contributed by atoms with E-state index in [2.05, 4.69) is 11.9 Å². The first-order valence-electron chi connectivity index (χ1n) is 7.06. The molecule has 0 radical (unpaired) electrons. The second-order valence-electron chi connectivity index (χ2n) is 5.62. The van der Waals surface area contributed by atoms with Crippen molar-refractivity contribution in [2.75, 3.05) is 14.2 Å². The summed E-state index contributed by atoms with van der Waals surface area (Å²) in [6, 6.07) is 1.70. The number of methoxy groups -OCH3 is 1. The Morgan fingerprint density at radius 1 is 0.812 bits per heavy atom. The highest BCUT2D eigenvalue weighted by Gasteiger charge is 2.28. The molecule has 0 heterocycles. The van der Waals surface area contributed by atoms with Crippen molar-refractivity contribution in [1.29, 1.82) is 0 Å². The molecule has 2 aliphatic carbocycles. The summed E-state index contributed by atoms with van der Waals surface area (Å²) in [5.74, 6) is 0. The minimum atomic E-state index is 0.538. The van der Waals surface area contributed by atoms with E-state index in [0.29, 0.717) is 6.10 Å². The molecule has 0 atom stereocenters. The van der Waals surface area contributed by atoms with Gasteiger partial charge in [-0.15, -0.1) is 0 Å². The van der Waals surface area contributed by atoms with Crippen molar-refractivity contribution in [3.8, 4) is 0 Å². The van der Waals surface area contributed by atoms with Crippen molar-refractivity contribution in [3.63, 3.8) is 0 Å². The fraction of sp³-hybridized carbons (Fsp3) is 1.00. The van der Waals surface area contributed by atoms with E-state index >= 15 is 0 Å². The Balaban J connectivity index is 1.78. The van der Waals surface area contributed by atoms with Gasteiger partial charge in [-0.3, -0.25) is 0 Å². The molecule has 0 aliphatic heterocycles. The van der Waals surface area contributed by atoms with Gasteiger partial charge in [-0.25, -0.2) is 0 Å². The van der Waals surface area contributed by atoms with E-state index in [1.54, 1.807) is 0 Å². The fourth-order valence-electron chi connectivity index (χ4n) is 3.47. The Bertz CT molecular complexity index is 193. The molecule has 0 bridgehead atoms. The van der Waals surface area contributed by atoms with Crippen LogP contribution in [0.2, 0.25) is 0 Å². The molecule has 0 unspecified atom stereocenters. The third-order valence-electron chi connectivity index (χ3n) is 4.70. The lowest BCUT2D eigenvalue weighted by molar-refractivity contribution is 0.0297.